The summed E-state index contributed by atoms with van der Waals surface area (Å²) in [5.41, 5.74) is 6.67. The van der Waals surface area contributed by atoms with Crippen molar-refractivity contribution in [2.75, 3.05) is 18.2 Å². The average molecular weight is 402 g/mol. The second-order valence-corrected chi connectivity index (χ2v) is 7.52. The number of nitrogens with two attached hydrogens (primary N) is 1. The lowest BCUT2D eigenvalue weighted by Gasteiger charge is -2.15. The number of rotatable bonds is 6. The number of aromatic nitrogens is 4. The predicted molar refractivity (Wildman–Crippen MR) is 110 cm³/mol. The molecule has 0 saturated carbocycles. The zero-order valence-electron chi connectivity index (χ0n) is 16.1. The highest BCUT2D eigenvalue weighted by Crippen LogP contribution is 2.28. The molecule has 3 rings (SSSR count). The number of pyridine rings is 1. The molecule has 3 N–H and O–H groups in total. The molecule has 9 nitrogen and oxygen atoms in total. The van der Waals surface area contributed by atoms with Crippen molar-refractivity contribution in [3.63, 3.8) is 0 Å². The molecule has 10 heteroatoms. The van der Waals surface area contributed by atoms with Gasteiger partial charge in [-0.05, 0) is 12.0 Å². The van der Waals surface area contributed by atoms with Crippen molar-refractivity contribution in [3.05, 3.63) is 44.5 Å². The van der Waals surface area contributed by atoms with Gasteiger partial charge in [0.05, 0.1) is 24.7 Å². The molecule has 0 radical (unpaired) electrons. The van der Waals surface area contributed by atoms with E-state index in [2.05, 4.69) is 15.3 Å². The molecule has 0 aliphatic carbocycles. The van der Waals surface area contributed by atoms with Gasteiger partial charge in [-0.15, -0.1) is 11.3 Å². The van der Waals surface area contributed by atoms with Gasteiger partial charge in [0.2, 0.25) is 5.88 Å². The van der Waals surface area contributed by atoms with E-state index in [1.54, 1.807) is 24.8 Å². The fourth-order valence-electron chi connectivity index (χ4n) is 2.71. The maximum absolute atomic E-state index is 12.7. The Balaban J connectivity index is 1.99. The third-order valence-corrected chi connectivity index (χ3v) is 4.85. The Morgan fingerprint density at radius 1 is 1.32 bits per heavy atom. The monoisotopic (exact) mass is 402 g/mol. The number of hydrogen-bond acceptors (Lipinski definition) is 8. The summed E-state index contributed by atoms with van der Waals surface area (Å²) in [6.07, 6.45) is 1.62. The number of thiazole rings is 1. The number of nitrogens with zero attached hydrogens (tertiary/aromatic N) is 4. The van der Waals surface area contributed by atoms with Crippen molar-refractivity contribution in [2.24, 2.45) is 13.0 Å². The summed E-state index contributed by atoms with van der Waals surface area (Å²) in [5, 5.41) is 5.44. The van der Waals surface area contributed by atoms with E-state index in [1.165, 1.54) is 23.0 Å². The summed E-state index contributed by atoms with van der Waals surface area (Å²) in [6, 6.07) is 3.54. The van der Waals surface area contributed by atoms with Crippen LogP contribution in [0.4, 0.5) is 16.6 Å². The first-order valence-corrected chi connectivity index (χ1v) is 9.52. The second-order valence-electron chi connectivity index (χ2n) is 6.66. The van der Waals surface area contributed by atoms with Gasteiger partial charge >= 0.3 is 5.69 Å². The van der Waals surface area contributed by atoms with Crippen LogP contribution in [0.1, 0.15) is 13.8 Å². The Hall–Kier alpha value is -3.14. The smallest absolute Gasteiger partial charge is 0.332 e. The van der Waals surface area contributed by atoms with Crippen molar-refractivity contribution >= 4 is 28.0 Å². The molecular formula is C18H22N6O3S. The first kappa shape index (κ1) is 19.6. The van der Waals surface area contributed by atoms with Crippen LogP contribution in [0.2, 0.25) is 0 Å². The molecule has 0 amide bonds. The van der Waals surface area contributed by atoms with Gasteiger partial charge in [-0.25, -0.2) is 14.8 Å². The number of nitrogen functional groups attached to an aromatic ring is 1. The lowest BCUT2D eigenvalue weighted by Crippen LogP contribution is -2.41. The van der Waals surface area contributed by atoms with Gasteiger partial charge < -0.3 is 15.8 Å². The zero-order valence-corrected chi connectivity index (χ0v) is 16.9. The number of hydrogen-bond donors (Lipinski definition) is 2. The van der Waals surface area contributed by atoms with Crippen LogP contribution in [-0.2, 0) is 13.6 Å². The molecule has 0 aromatic carbocycles. The molecule has 3 heterocycles. The van der Waals surface area contributed by atoms with Crippen molar-refractivity contribution in [1.29, 1.82) is 0 Å². The lowest BCUT2D eigenvalue weighted by atomic mass is 10.2. The van der Waals surface area contributed by atoms with Crippen LogP contribution in [-0.4, -0.2) is 26.2 Å². The molecule has 0 aliphatic heterocycles. The predicted octanol–water partition coefficient (Wildman–Crippen LogP) is 2.06. The van der Waals surface area contributed by atoms with Crippen LogP contribution >= 0.6 is 11.3 Å². The highest BCUT2D eigenvalue weighted by molar-refractivity contribution is 7.14. The van der Waals surface area contributed by atoms with Gasteiger partial charge in [0.25, 0.3) is 5.56 Å². The SMILES string of the molecule is COc1ccc(Nc2nc(-c3c(N)n(CC(C)C)c(=O)n(C)c3=O)cs2)cn1. The second kappa shape index (κ2) is 7.85. The Kier molecular flexibility index (Phi) is 5.50. The van der Waals surface area contributed by atoms with Gasteiger partial charge in [0.1, 0.15) is 11.4 Å². The minimum Gasteiger partial charge on any atom is -0.481 e. The van der Waals surface area contributed by atoms with Gasteiger partial charge in [0.15, 0.2) is 5.13 Å². The molecule has 0 aliphatic rings. The molecular weight excluding hydrogens is 380 g/mol. The maximum atomic E-state index is 12.7. The summed E-state index contributed by atoms with van der Waals surface area (Å²) in [4.78, 5) is 33.7. The van der Waals surface area contributed by atoms with Gasteiger partial charge in [0, 0.05) is 25.0 Å². The molecule has 3 aromatic rings. The first-order chi connectivity index (χ1) is 13.3. The molecule has 28 heavy (non-hydrogen) atoms. The van der Waals surface area contributed by atoms with Crippen molar-refractivity contribution in [3.8, 4) is 17.1 Å². The summed E-state index contributed by atoms with van der Waals surface area (Å²) in [5.74, 6) is 0.833. The van der Waals surface area contributed by atoms with E-state index < -0.39 is 11.2 Å². The Bertz CT molecular complexity index is 1100. The van der Waals surface area contributed by atoms with Gasteiger partial charge in [-0.2, -0.15) is 0 Å². The van der Waals surface area contributed by atoms with Gasteiger partial charge in [-0.1, -0.05) is 13.8 Å². The third-order valence-electron chi connectivity index (χ3n) is 4.09. The molecule has 3 aromatic heterocycles. The number of methoxy groups -OCH3 is 1. The van der Waals surface area contributed by atoms with Crippen LogP contribution in [0.3, 0.4) is 0 Å². The fourth-order valence-corrected chi connectivity index (χ4v) is 3.43. The van der Waals surface area contributed by atoms with E-state index >= 15 is 0 Å². The normalized spacial score (nSPS) is 11.0. The topological polar surface area (TPSA) is 117 Å². The first-order valence-electron chi connectivity index (χ1n) is 8.64. The summed E-state index contributed by atoms with van der Waals surface area (Å²) < 4.78 is 7.52. The van der Waals surface area contributed by atoms with E-state index in [0.29, 0.717) is 23.3 Å². The number of anilines is 3. The standard InChI is InChI=1S/C18H22N6O3S/c1-10(2)8-24-15(19)14(16(25)23(3)18(24)26)12-9-28-17(22-12)21-11-5-6-13(27-4)20-7-11/h5-7,9-10H,8,19H2,1-4H3,(H,21,22). The van der Waals surface area contributed by atoms with Crippen LogP contribution < -0.4 is 27.0 Å². The molecule has 0 atom stereocenters. The molecule has 148 valence electrons. The Labute approximate surface area is 165 Å². The highest BCUT2D eigenvalue weighted by Gasteiger charge is 2.20. The minimum absolute atomic E-state index is 0.129. The summed E-state index contributed by atoms with van der Waals surface area (Å²) in [7, 11) is 2.99. The van der Waals surface area contributed by atoms with Gasteiger partial charge in [-0.3, -0.25) is 13.9 Å². The number of nitrogens with one attached hydrogen (secondary N) is 1. The van der Waals surface area contributed by atoms with E-state index in [1.807, 2.05) is 19.9 Å². The van der Waals surface area contributed by atoms with Crippen LogP contribution in [0.15, 0.2) is 33.3 Å². The van der Waals surface area contributed by atoms with E-state index in [4.69, 9.17) is 10.5 Å². The molecule has 0 bridgehead atoms. The molecule has 0 saturated heterocycles. The lowest BCUT2D eigenvalue weighted by molar-refractivity contribution is 0.398. The fraction of sp³-hybridized carbons (Fsp3) is 0.333. The maximum Gasteiger partial charge on any atom is 0.332 e. The van der Waals surface area contributed by atoms with Crippen LogP contribution in [0, 0.1) is 5.92 Å². The number of ether oxygens (including phenoxy) is 1. The molecule has 0 unspecified atom stereocenters. The quantitative estimate of drug-likeness (QED) is 0.648. The van der Waals surface area contributed by atoms with E-state index in [-0.39, 0.29) is 17.3 Å². The average Bonchev–Trinajstić information content (AvgIpc) is 3.12. The largest absolute Gasteiger partial charge is 0.481 e. The third kappa shape index (κ3) is 3.77. The van der Waals surface area contributed by atoms with Crippen LogP contribution in [0.5, 0.6) is 5.88 Å². The highest BCUT2D eigenvalue weighted by atomic mass is 32.1. The van der Waals surface area contributed by atoms with Crippen molar-refractivity contribution in [1.82, 2.24) is 19.1 Å². The molecule has 0 fully saturated rings. The van der Waals surface area contributed by atoms with Crippen molar-refractivity contribution in [2.45, 2.75) is 20.4 Å². The zero-order chi connectivity index (χ0) is 20.4. The summed E-state index contributed by atoms with van der Waals surface area (Å²) in [6.45, 7) is 4.37. The van der Waals surface area contributed by atoms with E-state index in [0.717, 1.165) is 10.3 Å². The van der Waals surface area contributed by atoms with E-state index in [9.17, 15) is 9.59 Å². The van der Waals surface area contributed by atoms with Crippen LogP contribution in [0.25, 0.3) is 11.3 Å². The summed E-state index contributed by atoms with van der Waals surface area (Å²) >= 11 is 1.32. The molecule has 0 spiro atoms. The Morgan fingerprint density at radius 2 is 2.07 bits per heavy atom. The Morgan fingerprint density at radius 3 is 2.68 bits per heavy atom. The minimum atomic E-state index is -0.467. The van der Waals surface area contributed by atoms with Crippen molar-refractivity contribution < 1.29 is 4.74 Å².